The molecule has 5 rings (SSSR count). The molecule has 0 amide bonds. The van der Waals surface area contributed by atoms with Gasteiger partial charge in [0.05, 0.1) is 29.6 Å². The Kier molecular flexibility index (Phi) is 3.71. The van der Waals surface area contributed by atoms with Gasteiger partial charge in [0, 0.05) is 35.1 Å². The highest BCUT2D eigenvalue weighted by Gasteiger charge is 2.18. The van der Waals surface area contributed by atoms with Crippen LogP contribution in [0.1, 0.15) is 18.9 Å². The third-order valence-electron chi connectivity index (χ3n) is 4.96. The largest absolute Gasteiger partial charge is 0.317 e. The molecule has 0 bridgehead atoms. The van der Waals surface area contributed by atoms with Gasteiger partial charge in [-0.25, -0.2) is 0 Å². The normalized spacial score (nSPS) is 15.5. The molecule has 1 aliphatic heterocycles. The molecule has 26 heavy (non-hydrogen) atoms. The SMILES string of the molecule is c1cncc(-c2cc3c(-c4cnn(C5CCNCC5)c4)n[nH]c3cn2)c1. The Labute approximate surface area is 150 Å². The van der Waals surface area contributed by atoms with Crippen LogP contribution in [-0.4, -0.2) is 43.0 Å². The number of rotatable bonds is 3. The molecule has 5 heterocycles. The fraction of sp³-hybridized carbons (Fsp3) is 0.263. The molecule has 0 aliphatic carbocycles. The third-order valence-corrected chi connectivity index (χ3v) is 4.96. The minimum Gasteiger partial charge on any atom is -0.317 e. The smallest absolute Gasteiger partial charge is 0.103 e. The predicted octanol–water partition coefficient (Wildman–Crippen LogP) is 2.81. The molecule has 0 unspecified atom stereocenters. The Morgan fingerprint density at radius 2 is 2.00 bits per heavy atom. The first-order valence-electron chi connectivity index (χ1n) is 8.88. The molecule has 0 saturated carbocycles. The second-order valence-corrected chi connectivity index (χ2v) is 6.62. The number of piperidine rings is 1. The molecule has 2 N–H and O–H groups in total. The van der Waals surface area contributed by atoms with Crippen molar-refractivity contribution in [3.05, 3.63) is 49.2 Å². The van der Waals surface area contributed by atoms with E-state index in [1.165, 1.54) is 0 Å². The maximum absolute atomic E-state index is 4.59. The highest BCUT2D eigenvalue weighted by Crippen LogP contribution is 2.29. The van der Waals surface area contributed by atoms with E-state index in [1.54, 1.807) is 6.20 Å². The summed E-state index contributed by atoms with van der Waals surface area (Å²) in [6.07, 6.45) is 11.6. The lowest BCUT2D eigenvalue weighted by Gasteiger charge is -2.22. The topological polar surface area (TPSA) is 84.3 Å². The van der Waals surface area contributed by atoms with Crippen molar-refractivity contribution in [2.45, 2.75) is 18.9 Å². The first kappa shape index (κ1) is 15.2. The highest BCUT2D eigenvalue weighted by molar-refractivity contribution is 5.94. The standard InChI is InChI=1S/C19H19N7/c1-2-13(9-21-5-1)17-8-16-18(11-22-17)24-25-19(16)14-10-23-26(12-14)15-3-6-20-7-4-15/h1-2,5,8-12,15,20H,3-4,6-7H2,(H,24,25). The molecule has 0 radical (unpaired) electrons. The summed E-state index contributed by atoms with van der Waals surface area (Å²) >= 11 is 0. The zero-order valence-electron chi connectivity index (χ0n) is 14.3. The van der Waals surface area contributed by atoms with Crippen molar-refractivity contribution in [2.24, 2.45) is 0 Å². The van der Waals surface area contributed by atoms with Crippen LogP contribution in [0.5, 0.6) is 0 Å². The van der Waals surface area contributed by atoms with E-state index in [9.17, 15) is 0 Å². The number of fused-ring (bicyclic) bond motifs is 1. The van der Waals surface area contributed by atoms with Gasteiger partial charge in [0.1, 0.15) is 5.69 Å². The predicted molar refractivity (Wildman–Crippen MR) is 99.5 cm³/mol. The minimum absolute atomic E-state index is 0.461. The lowest BCUT2D eigenvalue weighted by Crippen LogP contribution is -2.29. The van der Waals surface area contributed by atoms with E-state index in [1.807, 2.05) is 30.7 Å². The second kappa shape index (κ2) is 6.34. The van der Waals surface area contributed by atoms with Crippen LogP contribution >= 0.6 is 0 Å². The summed E-state index contributed by atoms with van der Waals surface area (Å²) in [7, 11) is 0. The van der Waals surface area contributed by atoms with E-state index >= 15 is 0 Å². The number of pyridine rings is 2. The van der Waals surface area contributed by atoms with Crippen LogP contribution in [0.25, 0.3) is 33.4 Å². The summed E-state index contributed by atoms with van der Waals surface area (Å²) in [5, 5.41) is 16.6. The molecular formula is C19H19N7. The van der Waals surface area contributed by atoms with Crippen LogP contribution < -0.4 is 5.32 Å². The van der Waals surface area contributed by atoms with Gasteiger partial charge in [-0.1, -0.05) is 0 Å². The number of nitrogens with one attached hydrogen (secondary N) is 2. The van der Waals surface area contributed by atoms with Gasteiger partial charge in [0.15, 0.2) is 0 Å². The fourth-order valence-electron chi connectivity index (χ4n) is 3.54. The van der Waals surface area contributed by atoms with Crippen LogP contribution in [0.2, 0.25) is 0 Å². The number of aromatic amines is 1. The van der Waals surface area contributed by atoms with Gasteiger partial charge in [-0.05, 0) is 44.1 Å². The number of aromatic nitrogens is 6. The maximum Gasteiger partial charge on any atom is 0.103 e. The van der Waals surface area contributed by atoms with Crippen molar-refractivity contribution in [1.29, 1.82) is 0 Å². The van der Waals surface area contributed by atoms with E-state index in [-0.39, 0.29) is 0 Å². The van der Waals surface area contributed by atoms with Gasteiger partial charge >= 0.3 is 0 Å². The molecule has 1 saturated heterocycles. The van der Waals surface area contributed by atoms with Crippen molar-refractivity contribution in [2.75, 3.05) is 13.1 Å². The zero-order chi connectivity index (χ0) is 17.3. The van der Waals surface area contributed by atoms with Gasteiger partial charge in [0.2, 0.25) is 0 Å². The lowest BCUT2D eigenvalue weighted by molar-refractivity contribution is 0.343. The van der Waals surface area contributed by atoms with E-state index in [4.69, 9.17) is 0 Å². The summed E-state index contributed by atoms with van der Waals surface area (Å²) in [5.74, 6) is 0. The van der Waals surface area contributed by atoms with Gasteiger partial charge in [-0.2, -0.15) is 10.2 Å². The Balaban J connectivity index is 1.54. The number of hydrogen-bond acceptors (Lipinski definition) is 5. The van der Waals surface area contributed by atoms with Crippen LogP contribution in [-0.2, 0) is 0 Å². The van der Waals surface area contributed by atoms with E-state index in [0.717, 1.165) is 59.3 Å². The summed E-state index contributed by atoms with van der Waals surface area (Å²) in [6, 6.07) is 6.45. The van der Waals surface area contributed by atoms with Crippen molar-refractivity contribution in [1.82, 2.24) is 35.3 Å². The molecule has 1 aliphatic rings. The molecule has 1 fully saturated rings. The highest BCUT2D eigenvalue weighted by atomic mass is 15.3. The zero-order valence-corrected chi connectivity index (χ0v) is 14.3. The van der Waals surface area contributed by atoms with Crippen LogP contribution in [0.15, 0.2) is 49.2 Å². The average molecular weight is 345 g/mol. The van der Waals surface area contributed by atoms with Crippen molar-refractivity contribution in [3.63, 3.8) is 0 Å². The van der Waals surface area contributed by atoms with Crippen LogP contribution in [0.4, 0.5) is 0 Å². The summed E-state index contributed by atoms with van der Waals surface area (Å²) in [6.45, 7) is 2.09. The van der Waals surface area contributed by atoms with Crippen LogP contribution in [0, 0.1) is 0 Å². The summed E-state index contributed by atoms with van der Waals surface area (Å²) in [5.41, 5.74) is 4.74. The quantitative estimate of drug-likeness (QED) is 0.596. The third kappa shape index (κ3) is 2.66. The maximum atomic E-state index is 4.59. The fourth-order valence-corrected chi connectivity index (χ4v) is 3.54. The van der Waals surface area contributed by atoms with E-state index < -0.39 is 0 Å². The van der Waals surface area contributed by atoms with Gasteiger partial charge in [-0.3, -0.25) is 19.7 Å². The molecule has 0 atom stereocenters. The molecular weight excluding hydrogens is 326 g/mol. The number of nitrogens with zero attached hydrogens (tertiary/aromatic N) is 5. The Morgan fingerprint density at radius 3 is 2.85 bits per heavy atom. The van der Waals surface area contributed by atoms with Crippen LogP contribution in [0.3, 0.4) is 0 Å². The molecule has 7 heteroatoms. The Bertz CT molecular complexity index is 1030. The number of hydrogen-bond donors (Lipinski definition) is 2. The summed E-state index contributed by atoms with van der Waals surface area (Å²) < 4.78 is 2.08. The lowest BCUT2D eigenvalue weighted by atomic mass is 10.1. The monoisotopic (exact) mass is 345 g/mol. The summed E-state index contributed by atoms with van der Waals surface area (Å²) in [4.78, 5) is 8.71. The molecule has 7 nitrogen and oxygen atoms in total. The van der Waals surface area contributed by atoms with Gasteiger partial charge < -0.3 is 5.32 Å². The first-order valence-corrected chi connectivity index (χ1v) is 8.88. The molecule has 0 spiro atoms. The van der Waals surface area contributed by atoms with Crippen molar-refractivity contribution >= 4 is 10.9 Å². The van der Waals surface area contributed by atoms with E-state index in [0.29, 0.717) is 6.04 Å². The van der Waals surface area contributed by atoms with Gasteiger partial charge in [0.25, 0.3) is 0 Å². The average Bonchev–Trinajstić information content (AvgIpc) is 3.36. The first-order chi connectivity index (χ1) is 12.9. The second-order valence-electron chi connectivity index (χ2n) is 6.62. The van der Waals surface area contributed by atoms with Crippen molar-refractivity contribution in [3.8, 4) is 22.5 Å². The van der Waals surface area contributed by atoms with Gasteiger partial charge in [-0.15, -0.1) is 0 Å². The van der Waals surface area contributed by atoms with E-state index in [2.05, 4.69) is 47.5 Å². The minimum atomic E-state index is 0.461. The Hall–Kier alpha value is -3.06. The molecule has 4 aromatic rings. The number of H-pyrrole nitrogens is 1. The Morgan fingerprint density at radius 1 is 1.08 bits per heavy atom. The molecule has 0 aromatic carbocycles. The molecule has 4 aromatic heterocycles. The molecule has 130 valence electrons. The van der Waals surface area contributed by atoms with Crippen molar-refractivity contribution < 1.29 is 0 Å².